The zero-order chi connectivity index (χ0) is 13.4. The molecule has 19 heavy (non-hydrogen) atoms. The van der Waals surface area contributed by atoms with Crippen molar-refractivity contribution < 1.29 is 4.39 Å². The number of nitrogens with two attached hydrogens (primary N) is 1. The summed E-state index contributed by atoms with van der Waals surface area (Å²) in [5, 5.41) is 1.21. The van der Waals surface area contributed by atoms with Crippen LogP contribution in [0, 0.1) is 12.7 Å². The predicted molar refractivity (Wildman–Crippen MR) is 79.0 cm³/mol. The first kappa shape index (κ1) is 12.3. The van der Waals surface area contributed by atoms with Gasteiger partial charge in [0.25, 0.3) is 0 Å². The molecule has 0 bridgehead atoms. The molecule has 1 aromatic heterocycles. The number of thiophene rings is 1. The summed E-state index contributed by atoms with van der Waals surface area (Å²) < 4.78 is 14.4. The van der Waals surface area contributed by atoms with Crippen molar-refractivity contribution in [2.75, 3.05) is 0 Å². The number of hydrogen-bond donors (Lipinski definition) is 1. The second-order valence-electron chi connectivity index (χ2n) is 4.67. The smallest absolute Gasteiger partial charge is 0.123 e. The van der Waals surface area contributed by atoms with Gasteiger partial charge in [-0.1, -0.05) is 24.3 Å². The van der Waals surface area contributed by atoms with Crippen molar-refractivity contribution in [1.82, 2.24) is 0 Å². The number of halogens is 1. The van der Waals surface area contributed by atoms with E-state index < -0.39 is 0 Å². The van der Waals surface area contributed by atoms with Crippen LogP contribution in [-0.4, -0.2) is 0 Å². The van der Waals surface area contributed by atoms with Crippen LogP contribution in [0.4, 0.5) is 4.39 Å². The van der Waals surface area contributed by atoms with Gasteiger partial charge in [-0.05, 0) is 47.7 Å². The van der Waals surface area contributed by atoms with E-state index in [0.717, 1.165) is 16.0 Å². The molecule has 3 heteroatoms. The zero-order valence-corrected chi connectivity index (χ0v) is 11.4. The minimum atomic E-state index is -0.218. The maximum atomic E-state index is 13.1. The van der Waals surface area contributed by atoms with Gasteiger partial charge in [0.2, 0.25) is 0 Å². The molecule has 0 aliphatic rings. The van der Waals surface area contributed by atoms with Gasteiger partial charge in [0.15, 0.2) is 0 Å². The molecule has 2 N–H and O–H groups in total. The Labute approximate surface area is 115 Å². The normalized spacial score (nSPS) is 12.8. The Morgan fingerprint density at radius 2 is 1.89 bits per heavy atom. The van der Waals surface area contributed by atoms with Gasteiger partial charge in [-0.2, -0.15) is 0 Å². The molecule has 0 amide bonds. The van der Waals surface area contributed by atoms with Crippen molar-refractivity contribution >= 4 is 21.4 Å². The highest BCUT2D eigenvalue weighted by molar-refractivity contribution is 7.19. The van der Waals surface area contributed by atoms with Crippen molar-refractivity contribution in [2.24, 2.45) is 5.73 Å². The Kier molecular flexibility index (Phi) is 3.09. The average Bonchev–Trinajstić information content (AvgIpc) is 2.81. The van der Waals surface area contributed by atoms with Crippen molar-refractivity contribution in [1.29, 1.82) is 0 Å². The molecule has 96 valence electrons. The van der Waals surface area contributed by atoms with Gasteiger partial charge in [-0.15, -0.1) is 11.3 Å². The maximum absolute atomic E-state index is 13.1. The second-order valence-corrected chi connectivity index (χ2v) is 5.78. The second kappa shape index (κ2) is 4.76. The topological polar surface area (TPSA) is 26.0 Å². The van der Waals surface area contributed by atoms with Crippen LogP contribution in [0.1, 0.15) is 22.0 Å². The molecule has 0 radical (unpaired) electrons. The molecule has 2 aromatic carbocycles. The molecule has 1 nitrogen and oxygen atoms in total. The van der Waals surface area contributed by atoms with Crippen LogP contribution >= 0.6 is 11.3 Å². The molecule has 0 saturated heterocycles. The largest absolute Gasteiger partial charge is 0.320 e. The fourth-order valence-electron chi connectivity index (χ4n) is 2.30. The predicted octanol–water partition coefficient (Wildman–Crippen LogP) is 4.40. The molecule has 1 atom stereocenters. The van der Waals surface area contributed by atoms with Crippen LogP contribution in [0.5, 0.6) is 0 Å². The molecule has 3 rings (SSSR count). The Morgan fingerprint density at radius 1 is 1.11 bits per heavy atom. The van der Waals surface area contributed by atoms with Crippen LogP contribution < -0.4 is 5.73 Å². The first-order valence-corrected chi connectivity index (χ1v) is 6.97. The summed E-state index contributed by atoms with van der Waals surface area (Å²) in [5.74, 6) is -0.218. The average molecular weight is 271 g/mol. The molecular weight excluding hydrogens is 257 g/mol. The highest BCUT2D eigenvalue weighted by atomic mass is 32.1. The lowest BCUT2D eigenvalue weighted by Crippen LogP contribution is -2.11. The van der Waals surface area contributed by atoms with E-state index in [9.17, 15) is 4.39 Å². The summed E-state index contributed by atoms with van der Waals surface area (Å²) in [5.41, 5.74) is 8.19. The van der Waals surface area contributed by atoms with Crippen molar-refractivity contribution in [3.8, 4) is 0 Å². The maximum Gasteiger partial charge on any atom is 0.123 e. The molecule has 0 aliphatic carbocycles. The standard InChI is InChI=1S/C16H14FNS/c1-10-8-12(17)6-7-13(10)16(18)15-9-11-4-2-3-5-14(11)19-15/h2-9,16H,18H2,1H3. The van der Waals surface area contributed by atoms with Crippen LogP contribution in [0.3, 0.4) is 0 Å². The van der Waals surface area contributed by atoms with Gasteiger partial charge < -0.3 is 5.73 Å². The van der Waals surface area contributed by atoms with Gasteiger partial charge in [0, 0.05) is 9.58 Å². The third-order valence-corrected chi connectivity index (χ3v) is 4.52. The third-order valence-electron chi connectivity index (χ3n) is 3.32. The van der Waals surface area contributed by atoms with E-state index in [2.05, 4.69) is 18.2 Å². The van der Waals surface area contributed by atoms with Crippen molar-refractivity contribution in [3.63, 3.8) is 0 Å². The van der Waals surface area contributed by atoms with E-state index in [0.29, 0.717) is 0 Å². The lowest BCUT2D eigenvalue weighted by atomic mass is 10.0. The summed E-state index contributed by atoms with van der Waals surface area (Å²) in [4.78, 5) is 1.11. The quantitative estimate of drug-likeness (QED) is 0.734. The van der Waals surface area contributed by atoms with Crippen LogP contribution in [0.15, 0.2) is 48.5 Å². The van der Waals surface area contributed by atoms with E-state index in [-0.39, 0.29) is 11.9 Å². The van der Waals surface area contributed by atoms with E-state index in [1.165, 1.54) is 22.2 Å². The summed E-state index contributed by atoms with van der Waals surface area (Å²) in [6.45, 7) is 1.89. The van der Waals surface area contributed by atoms with E-state index >= 15 is 0 Å². The molecular formula is C16H14FNS. The number of hydrogen-bond acceptors (Lipinski definition) is 2. The number of fused-ring (bicyclic) bond motifs is 1. The molecule has 1 unspecified atom stereocenters. The minimum absolute atomic E-state index is 0.196. The van der Waals surface area contributed by atoms with E-state index in [4.69, 9.17) is 5.73 Å². The van der Waals surface area contributed by atoms with Crippen molar-refractivity contribution in [3.05, 3.63) is 70.4 Å². The Morgan fingerprint density at radius 3 is 2.63 bits per heavy atom. The minimum Gasteiger partial charge on any atom is -0.320 e. The summed E-state index contributed by atoms with van der Waals surface area (Å²) in [6, 6.07) is 14.9. The van der Waals surface area contributed by atoms with E-state index in [1.54, 1.807) is 17.4 Å². The highest BCUT2D eigenvalue weighted by Gasteiger charge is 2.14. The molecule has 0 fully saturated rings. The van der Waals surface area contributed by atoms with Gasteiger partial charge in [-0.3, -0.25) is 0 Å². The zero-order valence-electron chi connectivity index (χ0n) is 10.6. The third kappa shape index (κ3) is 2.27. The highest BCUT2D eigenvalue weighted by Crippen LogP contribution is 2.32. The number of benzene rings is 2. The summed E-state index contributed by atoms with van der Waals surface area (Å²) in [7, 11) is 0. The Balaban J connectivity index is 2.05. The van der Waals surface area contributed by atoms with Gasteiger partial charge in [-0.25, -0.2) is 4.39 Å². The lowest BCUT2D eigenvalue weighted by Gasteiger charge is -2.13. The Bertz CT molecular complexity index is 699. The first-order valence-electron chi connectivity index (χ1n) is 6.15. The van der Waals surface area contributed by atoms with Crippen LogP contribution in [0.25, 0.3) is 10.1 Å². The number of aryl methyl sites for hydroxylation is 1. The summed E-state index contributed by atoms with van der Waals surface area (Å²) >= 11 is 1.69. The molecule has 0 aliphatic heterocycles. The SMILES string of the molecule is Cc1cc(F)ccc1C(N)c1cc2ccccc2s1. The fourth-order valence-corrected chi connectivity index (χ4v) is 3.38. The van der Waals surface area contributed by atoms with Gasteiger partial charge in [0.1, 0.15) is 5.82 Å². The summed E-state index contributed by atoms with van der Waals surface area (Å²) in [6.07, 6.45) is 0. The first-order chi connectivity index (χ1) is 9.15. The fraction of sp³-hybridized carbons (Fsp3) is 0.125. The lowest BCUT2D eigenvalue weighted by molar-refractivity contribution is 0.625. The molecule has 1 heterocycles. The monoisotopic (exact) mass is 271 g/mol. The van der Waals surface area contributed by atoms with E-state index in [1.807, 2.05) is 19.1 Å². The molecule has 0 spiro atoms. The van der Waals surface area contributed by atoms with Crippen LogP contribution in [0.2, 0.25) is 0 Å². The molecule has 3 aromatic rings. The van der Waals surface area contributed by atoms with Crippen molar-refractivity contribution in [2.45, 2.75) is 13.0 Å². The molecule has 0 saturated carbocycles. The van der Waals surface area contributed by atoms with Gasteiger partial charge in [0.05, 0.1) is 6.04 Å². The van der Waals surface area contributed by atoms with Gasteiger partial charge >= 0.3 is 0 Å². The van der Waals surface area contributed by atoms with Crippen LogP contribution in [-0.2, 0) is 0 Å². The number of rotatable bonds is 2. The Hall–Kier alpha value is -1.71.